The van der Waals surface area contributed by atoms with E-state index >= 15 is 0 Å². The number of aromatic amines is 1. The van der Waals surface area contributed by atoms with Crippen LogP contribution >= 0.6 is 0 Å². The molecule has 8 amide bonds. The minimum atomic E-state index is -0.624. The number of fused-ring (bicyclic) bond motifs is 1. The smallest absolute Gasteiger partial charge is 0.340 e. The van der Waals surface area contributed by atoms with Gasteiger partial charge in [0.05, 0.1) is 41.1 Å². The van der Waals surface area contributed by atoms with Crippen LogP contribution in [0.3, 0.4) is 0 Å². The second-order valence-electron chi connectivity index (χ2n) is 20.9. The molecule has 0 bridgehead atoms. The Labute approximate surface area is 478 Å². The predicted molar refractivity (Wildman–Crippen MR) is 304 cm³/mol. The number of nitrogens with zero attached hydrogens (tertiary/aromatic N) is 9. The number of hydrogen-bond acceptors (Lipinski definition) is 13. The molecule has 7 aromatic heterocycles. The van der Waals surface area contributed by atoms with Crippen LogP contribution in [0.1, 0.15) is 117 Å². The predicted octanol–water partition coefficient (Wildman–Crippen LogP) is 3.94. The molecule has 1 aliphatic heterocycles. The fourth-order valence-electron chi connectivity index (χ4n) is 10.9. The number of carbonyl (C=O) groups is 10. The van der Waals surface area contributed by atoms with E-state index in [0.29, 0.717) is 69.6 Å². The SMILES string of the molecule is COC(=O)c1c(C)[nH]c2c1[C@@]13C[C@@H]1CN(C(=O)C=Cc1cc(NC(=O)c4cc(NC(=O)c5nc(NC(=O)CCCNC(=O)c6cc(NC(=O)c7cc(NC(=O)c8nc(NC(C)=O)cn8C)cn7C)cn6C)cn5C)cn4C)cn1C)C3=CC2=O. The summed E-state index contributed by atoms with van der Waals surface area (Å²) in [6, 6.07) is 6.15. The number of likely N-dealkylation sites (tertiary alicyclic amines) is 1. The number of esters is 1. The third kappa shape index (κ3) is 10.8. The molecule has 1 saturated heterocycles. The number of carbonyl (C=O) groups excluding carboxylic acids is 10. The zero-order chi connectivity index (χ0) is 60.2. The summed E-state index contributed by atoms with van der Waals surface area (Å²) in [6.45, 7) is 3.56. The molecule has 2 atom stereocenters. The number of amides is 8. The lowest BCUT2D eigenvalue weighted by atomic mass is 9.82. The van der Waals surface area contributed by atoms with Gasteiger partial charge in [0.15, 0.2) is 11.6 Å². The number of rotatable bonds is 18. The molecule has 0 unspecified atom stereocenters. The van der Waals surface area contributed by atoms with Crippen molar-refractivity contribution in [1.82, 2.24) is 52.6 Å². The molecule has 0 radical (unpaired) electrons. The first-order valence-electron chi connectivity index (χ1n) is 26.3. The van der Waals surface area contributed by atoms with Gasteiger partial charge in [-0.15, -0.1) is 0 Å². The maximum atomic E-state index is 13.7. The summed E-state index contributed by atoms with van der Waals surface area (Å²) < 4.78 is 14.3. The molecule has 0 aromatic carbocycles. The first kappa shape index (κ1) is 56.5. The number of imidazole rings is 2. The molecule has 84 heavy (non-hydrogen) atoms. The molecule has 10 rings (SSSR count). The van der Waals surface area contributed by atoms with Gasteiger partial charge in [-0.3, -0.25) is 43.2 Å². The van der Waals surface area contributed by atoms with Crippen molar-refractivity contribution in [2.45, 2.75) is 38.5 Å². The van der Waals surface area contributed by atoms with E-state index in [2.05, 4.69) is 52.2 Å². The summed E-state index contributed by atoms with van der Waals surface area (Å²) in [4.78, 5) is 144. The summed E-state index contributed by atoms with van der Waals surface area (Å²) in [6.07, 6.45) is 14.8. The number of anilines is 6. The average molecular weight is 1150 g/mol. The van der Waals surface area contributed by atoms with Gasteiger partial charge in [0.25, 0.3) is 35.4 Å². The van der Waals surface area contributed by atoms with Gasteiger partial charge in [0.2, 0.25) is 29.2 Å². The van der Waals surface area contributed by atoms with Crippen molar-refractivity contribution in [3.05, 3.63) is 136 Å². The second-order valence-corrected chi connectivity index (χ2v) is 20.9. The van der Waals surface area contributed by atoms with Crippen LogP contribution in [0.25, 0.3) is 6.08 Å². The van der Waals surface area contributed by atoms with Crippen molar-refractivity contribution in [3.8, 4) is 0 Å². The highest BCUT2D eigenvalue weighted by atomic mass is 16.5. The standard InChI is InChI=1S/C56H59N17O11/c1-28-45(55(83)84-9)46-47(58-28)39(75)19-40-56(46)20-30(56)21-73(40)44(77)13-12-35-15-31(22-67(35)3)60-51(79)37-17-33(24-69(37)5)63-54(82)49-66-42(27-72(49)8)64-43(76)11-10-14-57-50(78)36-16-32(23-68(36)4)61-52(80)38-18-34(25-70(38)6)62-53(81)48-65-41(26-71(48)7)59-29(2)74/h12-13,15-19,22-27,30,58H,10-11,14,20-21H2,1-9H3,(H,57,78)(H,59,74)(H,60,79)(H,61,80)(H,62,81)(H,63,82)(H,64,76)/t30-,56+/m1/s1. The molecule has 1 saturated carbocycles. The van der Waals surface area contributed by atoms with Gasteiger partial charge in [-0.25, -0.2) is 14.8 Å². The van der Waals surface area contributed by atoms with E-state index in [1.54, 1.807) is 95.6 Å². The number of ketones is 1. The molecule has 7 aromatic rings. The van der Waals surface area contributed by atoms with Crippen molar-refractivity contribution in [1.29, 1.82) is 0 Å². The van der Waals surface area contributed by atoms with Crippen LogP contribution < -0.4 is 37.2 Å². The monoisotopic (exact) mass is 1150 g/mol. The number of nitrogens with one attached hydrogen (secondary N) is 8. The number of allylic oxidation sites excluding steroid dienone is 2. The summed E-state index contributed by atoms with van der Waals surface area (Å²) in [5.74, 6) is -4.21. The molecule has 3 aliphatic rings. The van der Waals surface area contributed by atoms with E-state index in [1.165, 1.54) is 79.6 Å². The molecule has 434 valence electrons. The number of piperidine rings is 1. The van der Waals surface area contributed by atoms with Gasteiger partial charge in [-0.1, -0.05) is 0 Å². The van der Waals surface area contributed by atoms with E-state index in [-0.39, 0.29) is 83.3 Å². The van der Waals surface area contributed by atoms with E-state index < -0.39 is 46.8 Å². The van der Waals surface area contributed by atoms with Crippen LogP contribution in [0.4, 0.5) is 34.4 Å². The Hall–Kier alpha value is -10.8. The fraction of sp³-hybridized carbons (Fsp3) is 0.286. The van der Waals surface area contributed by atoms with Gasteiger partial charge in [0, 0.05) is 146 Å². The summed E-state index contributed by atoms with van der Waals surface area (Å²) in [5.41, 5.74) is 4.40. The highest BCUT2D eigenvalue weighted by molar-refractivity contribution is 6.12. The Kier molecular flexibility index (Phi) is 14.7. The highest BCUT2D eigenvalue weighted by Gasteiger charge is 2.68. The van der Waals surface area contributed by atoms with Crippen molar-refractivity contribution in [2.75, 3.05) is 52.1 Å². The Morgan fingerprint density at radius 2 is 1.18 bits per heavy atom. The number of ether oxygens (including phenoxy) is 1. The quantitative estimate of drug-likeness (QED) is 0.0343. The molecule has 2 aliphatic carbocycles. The van der Waals surface area contributed by atoms with Gasteiger partial charge >= 0.3 is 5.97 Å². The van der Waals surface area contributed by atoms with Crippen LogP contribution in [0.5, 0.6) is 0 Å². The van der Waals surface area contributed by atoms with Gasteiger partial charge < -0.3 is 79.2 Å². The Morgan fingerprint density at radius 3 is 1.73 bits per heavy atom. The lowest BCUT2D eigenvalue weighted by Crippen LogP contribution is -2.33. The summed E-state index contributed by atoms with van der Waals surface area (Å²) in [7, 11) is 11.1. The molecule has 1 spiro atoms. The Balaban J connectivity index is 0.666. The van der Waals surface area contributed by atoms with Gasteiger partial charge in [-0.05, 0) is 56.0 Å². The molecular weight excluding hydrogens is 1090 g/mol. The lowest BCUT2D eigenvalue weighted by molar-refractivity contribution is -0.124. The maximum absolute atomic E-state index is 13.7. The van der Waals surface area contributed by atoms with Crippen molar-refractivity contribution in [2.24, 2.45) is 48.2 Å². The van der Waals surface area contributed by atoms with E-state index in [4.69, 9.17) is 4.74 Å². The highest BCUT2D eigenvalue weighted by Crippen LogP contribution is 2.67. The Bertz CT molecular complexity index is 4040. The van der Waals surface area contributed by atoms with E-state index in [1.807, 2.05) is 0 Å². The van der Waals surface area contributed by atoms with Crippen LogP contribution in [-0.2, 0) is 66.8 Å². The minimum absolute atomic E-state index is 0.00183. The first-order chi connectivity index (χ1) is 39.9. The van der Waals surface area contributed by atoms with Crippen molar-refractivity contribution < 1.29 is 52.7 Å². The van der Waals surface area contributed by atoms with Crippen LogP contribution in [0.2, 0.25) is 0 Å². The van der Waals surface area contributed by atoms with Crippen molar-refractivity contribution >= 4 is 99.5 Å². The second kappa shape index (κ2) is 21.9. The van der Waals surface area contributed by atoms with E-state index in [0.717, 1.165) is 0 Å². The topological polar surface area (TPSA) is 339 Å². The number of methoxy groups -OCH3 is 1. The van der Waals surface area contributed by atoms with Gasteiger partial charge in [-0.2, -0.15) is 0 Å². The van der Waals surface area contributed by atoms with Gasteiger partial charge in [0.1, 0.15) is 17.1 Å². The van der Waals surface area contributed by atoms with Crippen molar-refractivity contribution in [3.63, 3.8) is 0 Å². The molecule has 28 nitrogen and oxygen atoms in total. The molecular formula is C56H59N17O11. The van der Waals surface area contributed by atoms with Crippen LogP contribution in [0.15, 0.2) is 79.3 Å². The minimum Gasteiger partial charge on any atom is -0.465 e. The largest absolute Gasteiger partial charge is 0.465 e. The summed E-state index contributed by atoms with van der Waals surface area (Å²) in [5, 5.41) is 19.0. The lowest BCUT2D eigenvalue weighted by Gasteiger charge is -2.27. The zero-order valence-electron chi connectivity index (χ0n) is 47.1. The normalized spacial score (nSPS) is 15.6. The first-order valence-corrected chi connectivity index (χ1v) is 26.3. The third-order valence-electron chi connectivity index (χ3n) is 14.8. The molecule has 2 fully saturated rings. The third-order valence-corrected chi connectivity index (χ3v) is 14.8. The number of aromatic nitrogens is 9. The Morgan fingerprint density at radius 1 is 0.667 bits per heavy atom. The average Bonchev–Trinajstić information content (AvgIpc) is 2.36. The fourth-order valence-corrected chi connectivity index (χ4v) is 10.9. The number of H-pyrrole nitrogens is 1. The maximum Gasteiger partial charge on any atom is 0.340 e. The van der Waals surface area contributed by atoms with Crippen LogP contribution in [0, 0.1) is 12.8 Å². The van der Waals surface area contributed by atoms with Crippen LogP contribution in [-0.4, -0.2) is 126 Å². The molecule has 8 N–H and O–H groups in total. The number of aryl methyl sites for hydroxylation is 7. The molecule has 8 heterocycles. The zero-order valence-corrected chi connectivity index (χ0v) is 47.1. The molecule has 28 heteroatoms. The number of hydrogen-bond donors (Lipinski definition) is 8. The summed E-state index contributed by atoms with van der Waals surface area (Å²) >= 11 is 0. The van der Waals surface area contributed by atoms with E-state index in [9.17, 15) is 47.9 Å².